The number of hydrogen-bond donors (Lipinski definition) is 0. The fraction of sp³-hybridized carbons (Fsp3) is 0.105. The first-order valence-corrected chi connectivity index (χ1v) is 7.01. The summed E-state index contributed by atoms with van der Waals surface area (Å²) in [4.78, 5) is 4.33. The molecule has 2 nitrogen and oxygen atoms in total. The number of rotatable bonds is 4. The Hall–Kier alpha value is -2.61. The van der Waals surface area contributed by atoms with Crippen LogP contribution >= 0.6 is 0 Å². The molecule has 3 aromatic rings. The molecule has 0 saturated heterocycles. The van der Waals surface area contributed by atoms with Gasteiger partial charge in [0.25, 0.3) is 0 Å². The Labute approximate surface area is 125 Å². The number of aryl methyl sites for hydroxylation is 1. The largest absolute Gasteiger partial charge is 0.489 e. The molecule has 0 saturated carbocycles. The lowest BCUT2D eigenvalue weighted by Crippen LogP contribution is -1.96. The molecule has 104 valence electrons. The molecule has 21 heavy (non-hydrogen) atoms. The van der Waals surface area contributed by atoms with Gasteiger partial charge in [0.15, 0.2) is 0 Å². The molecular weight excluding hydrogens is 258 g/mol. The first kappa shape index (κ1) is 13.4. The van der Waals surface area contributed by atoms with E-state index in [4.69, 9.17) is 4.74 Å². The number of hydrogen-bond acceptors (Lipinski definition) is 2. The van der Waals surface area contributed by atoms with E-state index in [9.17, 15) is 0 Å². The molecule has 0 atom stereocenters. The lowest BCUT2D eigenvalue weighted by Gasteiger charge is -2.09. The molecule has 2 heteroatoms. The highest BCUT2D eigenvalue weighted by atomic mass is 16.5. The predicted molar refractivity (Wildman–Crippen MR) is 85.2 cm³/mol. The van der Waals surface area contributed by atoms with E-state index in [2.05, 4.69) is 42.2 Å². The molecule has 0 bridgehead atoms. The van der Waals surface area contributed by atoms with Crippen molar-refractivity contribution in [3.63, 3.8) is 0 Å². The predicted octanol–water partition coefficient (Wildman–Crippen LogP) is 4.64. The van der Waals surface area contributed by atoms with Gasteiger partial charge in [0.2, 0.25) is 0 Å². The topological polar surface area (TPSA) is 22.1 Å². The van der Waals surface area contributed by atoms with E-state index < -0.39 is 0 Å². The van der Waals surface area contributed by atoms with Gasteiger partial charge >= 0.3 is 0 Å². The van der Waals surface area contributed by atoms with E-state index in [-0.39, 0.29) is 0 Å². The Morgan fingerprint density at radius 2 is 1.67 bits per heavy atom. The summed E-state index contributed by atoms with van der Waals surface area (Å²) in [6.45, 7) is 2.64. The summed E-state index contributed by atoms with van der Waals surface area (Å²) in [6, 6.07) is 20.3. The number of aromatic nitrogens is 1. The van der Waals surface area contributed by atoms with Gasteiger partial charge in [-0.2, -0.15) is 0 Å². The molecule has 0 unspecified atom stereocenters. The molecule has 0 spiro atoms. The minimum absolute atomic E-state index is 0.525. The Bertz CT molecular complexity index is 722. The highest BCUT2D eigenvalue weighted by Crippen LogP contribution is 2.23. The van der Waals surface area contributed by atoms with Crippen LogP contribution in [-0.2, 0) is 6.61 Å². The molecule has 2 aromatic carbocycles. The van der Waals surface area contributed by atoms with Gasteiger partial charge in [-0.15, -0.1) is 0 Å². The molecule has 0 aliphatic heterocycles. The van der Waals surface area contributed by atoms with E-state index in [1.54, 1.807) is 0 Å². The van der Waals surface area contributed by atoms with Crippen LogP contribution in [0.4, 0.5) is 0 Å². The maximum Gasteiger partial charge on any atom is 0.119 e. The van der Waals surface area contributed by atoms with Crippen molar-refractivity contribution in [3.05, 3.63) is 84.2 Å². The first-order valence-electron chi connectivity index (χ1n) is 7.01. The maximum absolute atomic E-state index is 5.77. The lowest BCUT2D eigenvalue weighted by atomic mass is 10.0. The van der Waals surface area contributed by atoms with Crippen molar-refractivity contribution in [2.45, 2.75) is 13.5 Å². The average Bonchev–Trinajstić information content (AvgIpc) is 2.55. The van der Waals surface area contributed by atoms with Crippen LogP contribution in [-0.4, -0.2) is 4.98 Å². The van der Waals surface area contributed by atoms with Crippen molar-refractivity contribution in [2.24, 2.45) is 0 Å². The van der Waals surface area contributed by atoms with Gasteiger partial charge in [0.05, 0.1) is 0 Å². The van der Waals surface area contributed by atoms with Crippen LogP contribution in [0, 0.1) is 6.92 Å². The second-order valence-corrected chi connectivity index (χ2v) is 5.00. The van der Waals surface area contributed by atoms with Crippen LogP contribution in [0.2, 0.25) is 0 Å². The van der Waals surface area contributed by atoms with Gasteiger partial charge in [-0.05, 0) is 36.2 Å². The number of benzene rings is 2. The Morgan fingerprint density at radius 1 is 0.905 bits per heavy atom. The molecule has 3 rings (SSSR count). The third kappa shape index (κ3) is 3.29. The standard InChI is InChI=1S/C19H17NO/c1-15-7-5-6-10-19(15)17-11-16(12-20-13-17)14-21-18-8-3-2-4-9-18/h2-13H,14H2,1H3. The molecular formula is C19H17NO. The molecule has 0 fully saturated rings. The molecule has 0 N–H and O–H groups in total. The van der Waals surface area contributed by atoms with E-state index >= 15 is 0 Å². The van der Waals surface area contributed by atoms with Gasteiger partial charge in [-0.1, -0.05) is 42.5 Å². The second kappa shape index (κ2) is 6.23. The number of para-hydroxylation sites is 1. The van der Waals surface area contributed by atoms with Crippen LogP contribution in [0.25, 0.3) is 11.1 Å². The third-order valence-corrected chi connectivity index (χ3v) is 3.40. The average molecular weight is 275 g/mol. The maximum atomic E-state index is 5.77. The summed E-state index contributed by atoms with van der Waals surface area (Å²) in [5.74, 6) is 0.874. The van der Waals surface area contributed by atoms with Crippen molar-refractivity contribution < 1.29 is 4.74 Å². The van der Waals surface area contributed by atoms with E-state index in [0.717, 1.165) is 16.9 Å². The van der Waals surface area contributed by atoms with Crippen molar-refractivity contribution in [2.75, 3.05) is 0 Å². The van der Waals surface area contributed by atoms with Gasteiger partial charge in [0, 0.05) is 23.5 Å². The summed E-state index contributed by atoms with van der Waals surface area (Å²) >= 11 is 0. The minimum atomic E-state index is 0.525. The van der Waals surface area contributed by atoms with E-state index in [1.165, 1.54) is 11.1 Å². The SMILES string of the molecule is Cc1ccccc1-c1cncc(COc2ccccc2)c1. The van der Waals surface area contributed by atoms with Gasteiger partial charge in [-0.3, -0.25) is 4.98 Å². The van der Waals surface area contributed by atoms with Crippen LogP contribution in [0.3, 0.4) is 0 Å². The number of ether oxygens (including phenoxy) is 1. The van der Waals surface area contributed by atoms with Gasteiger partial charge in [-0.25, -0.2) is 0 Å². The molecule has 1 heterocycles. The quantitative estimate of drug-likeness (QED) is 0.692. The Kier molecular flexibility index (Phi) is 3.97. The van der Waals surface area contributed by atoms with E-state index in [0.29, 0.717) is 6.61 Å². The fourth-order valence-corrected chi connectivity index (χ4v) is 2.29. The normalized spacial score (nSPS) is 10.3. The number of pyridine rings is 1. The minimum Gasteiger partial charge on any atom is -0.489 e. The second-order valence-electron chi connectivity index (χ2n) is 5.00. The number of nitrogens with zero attached hydrogens (tertiary/aromatic N) is 1. The smallest absolute Gasteiger partial charge is 0.119 e. The Balaban J connectivity index is 1.79. The van der Waals surface area contributed by atoms with Gasteiger partial charge in [0.1, 0.15) is 12.4 Å². The zero-order chi connectivity index (χ0) is 14.5. The van der Waals surface area contributed by atoms with Crippen molar-refractivity contribution in [1.29, 1.82) is 0 Å². The monoisotopic (exact) mass is 275 g/mol. The van der Waals surface area contributed by atoms with Crippen molar-refractivity contribution in [3.8, 4) is 16.9 Å². The van der Waals surface area contributed by atoms with Gasteiger partial charge < -0.3 is 4.74 Å². The highest BCUT2D eigenvalue weighted by molar-refractivity contribution is 5.66. The molecule has 0 aliphatic carbocycles. The zero-order valence-electron chi connectivity index (χ0n) is 12.0. The molecule has 0 amide bonds. The fourth-order valence-electron chi connectivity index (χ4n) is 2.29. The first-order chi connectivity index (χ1) is 10.3. The lowest BCUT2D eigenvalue weighted by molar-refractivity contribution is 0.306. The van der Waals surface area contributed by atoms with E-state index in [1.807, 2.05) is 42.7 Å². The molecule has 0 aliphatic rings. The highest BCUT2D eigenvalue weighted by Gasteiger charge is 2.03. The summed E-state index contributed by atoms with van der Waals surface area (Å²) in [7, 11) is 0. The zero-order valence-corrected chi connectivity index (χ0v) is 12.0. The van der Waals surface area contributed by atoms with Crippen LogP contribution < -0.4 is 4.74 Å². The van der Waals surface area contributed by atoms with Crippen molar-refractivity contribution >= 4 is 0 Å². The molecule has 1 aromatic heterocycles. The molecule has 0 radical (unpaired) electrons. The summed E-state index contributed by atoms with van der Waals surface area (Å²) in [5.41, 5.74) is 4.66. The van der Waals surface area contributed by atoms with Crippen LogP contribution in [0.1, 0.15) is 11.1 Å². The van der Waals surface area contributed by atoms with Crippen molar-refractivity contribution in [1.82, 2.24) is 4.98 Å². The third-order valence-electron chi connectivity index (χ3n) is 3.40. The van der Waals surface area contributed by atoms with Crippen LogP contribution in [0.5, 0.6) is 5.75 Å². The van der Waals surface area contributed by atoms with Crippen LogP contribution in [0.15, 0.2) is 73.1 Å². The summed E-state index contributed by atoms with van der Waals surface area (Å²) in [5, 5.41) is 0. The summed E-state index contributed by atoms with van der Waals surface area (Å²) < 4.78 is 5.77. The Morgan fingerprint density at radius 3 is 2.48 bits per heavy atom. The summed E-state index contributed by atoms with van der Waals surface area (Å²) in [6.07, 6.45) is 3.75.